The molecule has 6 heteroatoms. The molecule has 0 N–H and O–H groups in total. The predicted octanol–water partition coefficient (Wildman–Crippen LogP) is 11.6. The van der Waals surface area contributed by atoms with E-state index in [4.69, 9.17) is 9.60 Å². The Morgan fingerprint density at radius 2 is 1.65 bits per heavy atom. The van der Waals surface area contributed by atoms with E-state index in [1.54, 1.807) is 36.5 Å². The van der Waals surface area contributed by atoms with Crippen LogP contribution in [0.25, 0.3) is 53.8 Å². The van der Waals surface area contributed by atoms with E-state index in [0.717, 1.165) is 42.7 Å². The van der Waals surface area contributed by atoms with Crippen molar-refractivity contribution >= 4 is 44.8 Å². The number of aryl methyl sites for hydroxylation is 2. The van der Waals surface area contributed by atoms with Gasteiger partial charge >= 0.3 is 0 Å². The number of fused-ring (bicyclic) bond motifs is 3. The molecule has 245 valence electrons. The Hall–Kier alpha value is -3.80. The molecule has 0 saturated heterocycles. The second-order valence-electron chi connectivity index (χ2n) is 12.7. The van der Waals surface area contributed by atoms with Gasteiger partial charge in [0, 0.05) is 52.6 Å². The number of pyridine rings is 2. The van der Waals surface area contributed by atoms with Crippen molar-refractivity contribution in [1.29, 1.82) is 0 Å². The Balaban J connectivity index is 0.000000237. The van der Waals surface area contributed by atoms with Crippen LogP contribution in [0.4, 0.5) is 4.39 Å². The van der Waals surface area contributed by atoms with Gasteiger partial charge in [-0.05, 0) is 68.1 Å². The molecule has 0 spiro atoms. The fourth-order valence-electron chi connectivity index (χ4n) is 5.31. The molecule has 1 radical (unpaired) electrons. The van der Waals surface area contributed by atoms with Crippen molar-refractivity contribution in [2.24, 2.45) is 0 Å². The van der Waals surface area contributed by atoms with E-state index < -0.39 is 27.7 Å². The third-order valence-electron chi connectivity index (χ3n) is 8.01. The van der Waals surface area contributed by atoms with Gasteiger partial charge in [0.05, 0.1) is 8.07 Å². The van der Waals surface area contributed by atoms with Gasteiger partial charge in [-0.15, -0.1) is 53.1 Å². The standard InChI is InChI=1S/C27H21FNS.C15H18NSi.Ir/c1-16(2)18-11-12-29-24(14-18)21-9-10-23(28)26-22-8-7-20(15-25(22)30-27(21)26)19-6-4-5-17(3)13-19;1-12-5-7-13(8-6-12)15-10-9-14(11-16-15)17(2,3)4;/h4-8,10-16H,1-3H3;5-7,9-11H,1-4H3;/q2*-1;/i3D3,16D;1D3;. The molecule has 48 heavy (non-hydrogen) atoms. The number of benzene rings is 4. The summed E-state index contributed by atoms with van der Waals surface area (Å²) in [6.45, 7) is 6.21. The summed E-state index contributed by atoms with van der Waals surface area (Å²) >= 11 is 1.46. The molecule has 0 aliphatic carbocycles. The van der Waals surface area contributed by atoms with Crippen LogP contribution >= 0.6 is 11.3 Å². The van der Waals surface area contributed by atoms with Crippen molar-refractivity contribution in [3.05, 3.63) is 138 Å². The number of halogens is 1. The summed E-state index contributed by atoms with van der Waals surface area (Å²) in [5, 5.41) is 2.62. The summed E-state index contributed by atoms with van der Waals surface area (Å²) in [4.78, 5) is 8.96. The molecule has 4 aromatic carbocycles. The molecule has 0 atom stereocenters. The van der Waals surface area contributed by atoms with Gasteiger partial charge in [0.2, 0.25) is 0 Å². The Morgan fingerprint density at radius 1 is 0.833 bits per heavy atom. The minimum absolute atomic E-state index is 0. The summed E-state index contributed by atoms with van der Waals surface area (Å²) in [5.41, 5.74) is 6.08. The molecule has 7 aromatic rings. The summed E-state index contributed by atoms with van der Waals surface area (Å²) in [6.07, 6.45) is 3.60. The van der Waals surface area contributed by atoms with Crippen molar-refractivity contribution in [3.63, 3.8) is 0 Å². The number of hydrogen-bond donors (Lipinski definition) is 0. The molecular formula is C42H39FIrN2SSi-2. The van der Waals surface area contributed by atoms with Crippen LogP contribution in [0.3, 0.4) is 0 Å². The molecule has 3 aromatic heterocycles. The maximum absolute atomic E-state index is 15.0. The first-order valence-electron chi connectivity index (χ1n) is 18.8. The van der Waals surface area contributed by atoms with Gasteiger partial charge in [-0.1, -0.05) is 106 Å². The third-order valence-corrected chi connectivity index (χ3v) is 11.2. The average molecular weight is 850 g/mol. The number of hydrogen-bond acceptors (Lipinski definition) is 3. The molecule has 0 bridgehead atoms. The smallest absolute Gasteiger partial charge is 0.0795 e. The summed E-state index contributed by atoms with van der Waals surface area (Å²) in [6, 6.07) is 32.7. The van der Waals surface area contributed by atoms with Crippen molar-refractivity contribution < 1.29 is 34.1 Å². The quantitative estimate of drug-likeness (QED) is 0.127. The molecule has 0 aliphatic heterocycles. The van der Waals surface area contributed by atoms with Crippen LogP contribution in [0.1, 0.15) is 46.0 Å². The Kier molecular flexibility index (Phi) is 8.32. The monoisotopic (exact) mass is 850 g/mol. The van der Waals surface area contributed by atoms with Crippen LogP contribution in [-0.2, 0) is 20.1 Å². The minimum Gasteiger partial charge on any atom is -0.305 e. The summed E-state index contributed by atoms with van der Waals surface area (Å²) < 4.78 is 70.1. The zero-order valence-corrected chi connectivity index (χ0v) is 31.5. The Morgan fingerprint density at radius 3 is 2.33 bits per heavy atom. The number of aromatic nitrogens is 2. The SMILES string of the molecule is [2H]C([2H])([2H])c1c[c-]c(-c2ccc([Si](C)(C)C)cn2)cc1.[2H]C([2H])([2H])c1cccc(-c2ccc3c(c2)sc2c(-c4cc(C([2H])(C)C)ccn4)[c-]cc(F)c23)c1.[Ir]. The first-order chi connectivity index (χ1) is 25.2. The normalized spacial score (nSPS) is 14.2. The van der Waals surface area contributed by atoms with Gasteiger partial charge in [-0.2, -0.15) is 11.3 Å². The minimum atomic E-state index is -2.18. The van der Waals surface area contributed by atoms with Crippen molar-refractivity contribution in [3.8, 4) is 33.6 Å². The number of nitrogens with zero attached hydrogens (tertiary/aromatic N) is 2. The van der Waals surface area contributed by atoms with E-state index in [-0.39, 0.29) is 31.5 Å². The van der Waals surface area contributed by atoms with Gasteiger partial charge in [-0.25, -0.2) is 0 Å². The van der Waals surface area contributed by atoms with E-state index in [0.29, 0.717) is 22.2 Å². The van der Waals surface area contributed by atoms with Gasteiger partial charge in [0.25, 0.3) is 0 Å². The zero-order valence-electron chi connectivity index (χ0n) is 34.3. The van der Waals surface area contributed by atoms with Crippen LogP contribution in [0, 0.1) is 31.7 Å². The second-order valence-corrected chi connectivity index (χ2v) is 18.8. The van der Waals surface area contributed by atoms with Crippen molar-refractivity contribution in [1.82, 2.24) is 9.97 Å². The average Bonchev–Trinajstić information content (AvgIpc) is 3.51. The summed E-state index contributed by atoms with van der Waals surface area (Å²) in [7, 11) is -1.34. The van der Waals surface area contributed by atoms with E-state index in [1.807, 2.05) is 62.5 Å². The molecule has 0 aliphatic rings. The van der Waals surface area contributed by atoms with Gasteiger partial charge < -0.3 is 9.97 Å². The molecule has 3 heterocycles. The second kappa shape index (κ2) is 14.8. The maximum Gasteiger partial charge on any atom is 0.0795 e. The van der Waals surface area contributed by atoms with Gasteiger partial charge in [0.15, 0.2) is 0 Å². The fraction of sp³-hybridized carbons (Fsp3) is 0.190. The van der Waals surface area contributed by atoms with E-state index in [2.05, 4.69) is 47.8 Å². The molecule has 0 unspecified atom stereocenters. The molecular weight excluding hydrogens is 804 g/mol. The summed E-state index contributed by atoms with van der Waals surface area (Å²) in [5.74, 6) is -1.13. The first-order valence-corrected chi connectivity index (χ1v) is 19.7. The van der Waals surface area contributed by atoms with Gasteiger partial charge in [0.1, 0.15) is 0 Å². The molecule has 0 fully saturated rings. The van der Waals surface area contributed by atoms with Crippen LogP contribution in [0.2, 0.25) is 19.6 Å². The predicted molar refractivity (Wildman–Crippen MR) is 202 cm³/mol. The van der Waals surface area contributed by atoms with Crippen LogP contribution in [-0.4, -0.2) is 18.0 Å². The van der Waals surface area contributed by atoms with Crippen LogP contribution < -0.4 is 5.19 Å². The van der Waals surface area contributed by atoms with E-state index in [1.165, 1.54) is 28.7 Å². The van der Waals surface area contributed by atoms with E-state index >= 15 is 0 Å². The topological polar surface area (TPSA) is 25.8 Å². The van der Waals surface area contributed by atoms with E-state index in [9.17, 15) is 4.39 Å². The largest absolute Gasteiger partial charge is 0.305 e. The van der Waals surface area contributed by atoms with Crippen LogP contribution in [0.15, 0.2) is 103 Å². The fourth-order valence-corrected chi connectivity index (χ4v) is 7.61. The Labute approximate surface area is 312 Å². The maximum atomic E-state index is 15.0. The zero-order chi connectivity index (χ0) is 39.2. The Bertz CT molecular complexity index is 2390. The number of thiophene rings is 1. The van der Waals surface area contributed by atoms with Crippen molar-refractivity contribution in [2.45, 2.75) is 53.1 Å². The van der Waals surface area contributed by atoms with Crippen molar-refractivity contribution in [2.75, 3.05) is 0 Å². The first kappa shape index (κ1) is 27.1. The van der Waals surface area contributed by atoms with Crippen LogP contribution in [0.5, 0.6) is 0 Å². The third kappa shape index (κ3) is 7.74. The number of rotatable bonds is 5. The van der Waals surface area contributed by atoms with Gasteiger partial charge in [-0.3, -0.25) is 4.39 Å². The molecule has 0 amide bonds. The molecule has 7 rings (SSSR count). The molecule has 2 nitrogen and oxygen atoms in total. The molecule has 0 saturated carbocycles.